The van der Waals surface area contributed by atoms with Crippen molar-refractivity contribution in [3.05, 3.63) is 0 Å². The Morgan fingerprint density at radius 2 is 2.11 bits per heavy atom. The molecule has 0 bridgehead atoms. The molecular formula is C5H12NO3+. The normalized spacial score (nSPS) is 43.7. The predicted molar refractivity (Wildman–Crippen MR) is 29.7 cm³/mol. The topological polar surface area (TPSA) is 77.3 Å². The van der Waals surface area contributed by atoms with Crippen molar-refractivity contribution in [1.82, 2.24) is 0 Å². The molecule has 1 aliphatic rings. The molecule has 9 heavy (non-hydrogen) atoms. The van der Waals surface area contributed by atoms with Gasteiger partial charge >= 0.3 is 0 Å². The molecule has 4 nitrogen and oxygen atoms in total. The van der Waals surface area contributed by atoms with Gasteiger partial charge < -0.3 is 20.6 Å². The summed E-state index contributed by atoms with van der Waals surface area (Å²) in [6.07, 6.45) is -1.42. The lowest BCUT2D eigenvalue weighted by Gasteiger charge is -2.07. The Hall–Kier alpha value is -0.160. The van der Waals surface area contributed by atoms with Crippen molar-refractivity contribution >= 4 is 0 Å². The quantitative estimate of drug-likeness (QED) is 0.302. The van der Waals surface area contributed by atoms with E-state index in [4.69, 9.17) is 15.3 Å². The summed E-state index contributed by atoms with van der Waals surface area (Å²) in [4.78, 5) is 0. The van der Waals surface area contributed by atoms with Gasteiger partial charge in [0.1, 0.15) is 24.8 Å². The molecular weight excluding hydrogens is 122 g/mol. The van der Waals surface area contributed by atoms with Gasteiger partial charge in [-0.2, -0.15) is 0 Å². The van der Waals surface area contributed by atoms with Crippen molar-refractivity contribution in [2.24, 2.45) is 0 Å². The molecule has 1 aliphatic heterocycles. The molecule has 54 valence electrons. The van der Waals surface area contributed by atoms with Crippen LogP contribution in [-0.4, -0.2) is 46.7 Å². The first-order valence-corrected chi connectivity index (χ1v) is 3.06. The summed E-state index contributed by atoms with van der Waals surface area (Å²) in [7, 11) is 0. The average Bonchev–Trinajstić information content (AvgIpc) is 2.15. The van der Waals surface area contributed by atoms with E-state index in [2.05, 4.69) is 0 Å². The fourth-order valence-electron chi connectivity index (χ4n) is 1.06. The largest absolute Gasteiger partial charge is 0.390 e. The Bertz CT molecular complexity index is 98.2. The van der Waals surface area contributed by atoms with Gasteiger partial charge in [-0.3, -0.25) is 0 Å². The zero-order valence-corrected chi connectivity index (χ0v) is 5.07. The second-order valence-corrected chi connectivity index (χ2v) is 2.38. The van der Waals surface area contributed by atoms with Crippen LogP contribution in [0.15, 0.2) is 0 Å². The van der Waals surface area contributed by atoms with Crippen molar-refractivity contribution in [3.63, 3.8) is 0 Å². The maximum absolute atomic E-state index is 9.02. The Labute approximate surface area is 53.1 Å². The van der Waals surface area contributed by atoms with E-state index in [9.17, 15) is 0 Å². The second-order valence-electron chi connectivity index (χ2n) is 2.38. The van der Waals surface area contributed by atoms with E-state index in [1.807, 2.05) is 0 Å². The third-order valence-electron chi connectivity index (χ3n) is 1.72. The van der Waals surface area contributed by atoms with Crippen molar-refractivity contribution in [2.45, 2.75) is 18.2 Å². The van der Waals surface area contributed by atoms with Gasteiger partial charge in [-0.1, -0.05) is 0 Å². The summed E-state index contributed by atoms with van der Waals surface area (Å²) in [5, 5.41) is 28.2. The van der Waals surface area contributed by atoms with Gasteiger partial charge in [0.15, 0.2) is 0 Å². The first kappa shape index (κ1) is 6.95. The standard InChI is InChI=1S/C5H11NO3/c7-2-3-5(9)4(8)1-6-3/h3-9H,1-2H2/p+1/t3-,4+,5-/m1/s1. The van der Waals surface area contributed by atoms with Crippen LogP contribution in [0.4, 0.5) is 0 Å². The van der Waals surface area contributed by atoms with Gasteiger partial charge in [0, 0.05) is 0 Å². The van der Waals surface area contributed by atoms with Crippen molar-refractivity contribution in [1.29, 1.82) is 0 Å². The van der Waals surface area contributed by atoms with Gasteiger partial charge in [0.2, 0.25) is 0 Å². The summed E-state index contributed by atoms with van der Waals surface area (Å²) in [6, 6.07) is -0.222. The highest BCUT2D eigenvalue weighted by molar-refractivity contribution is 4.77. The molecule has 0 aromatic heterocycles. The molecule has 3 atom stereocenters. The molecule has 1 fully saturated rings. The summed E-state index contributed by atoms with van der Waals surface area (Å²) >= 11 is 0. The smallest absolute Gasteiger partial charge is 0.139 e. The average molecular weight is 134 g/mol. The molecule has 0 unspecified atom stereocenters. The molecule has 0 aliphatic carbocycles. The SMILES string of the molecule is OC[C@H]1[NH2+]C[C@H](O)[C@@H]1O. The van der Waals surface area contributed by atoms with Crippen LogP contribution < -0.4 is 5.32 Å². The fraction of sp³-hybridized carbons (Fsp3) is 1.00. The number of hydrogen-bond acceptors (Lipinski definition) is 3. The van der Waals surface area contributed by atoms with Crippen molar-refractivity contribution in [2.75, 3.05) is 13.2 Å². The van der Waals surface area contributed by atoms with Gasteiger partial charge in [0.05, 0.1) is 6.61 Å². The van der Waals surface area contributed by atoms with E-state index < -0.39 is 12.2 Å². The second kappa shape index (κ2) is 2.62. The minimum absolute atomic E-state index is 0.0712. The molecule has 1 saturated heterocycles. The molecule has 0 aromatic carbocycles. The van der Waals surface area contributed by atoms with Crippen LogP contribution in [0.1, 0.15) is 0 Å². The highest BCUT2D eigenvalue weighted by Crippen LogP contribution is 1.99. The van der Waals surface area contributed by atoms with Crippen LogP contribution in [-0.2, 0) is 0 Å². The lowest BCUT2D eigenvalue weighted by Crippen LogP contribution is -2.89. The number of quaternary nitrogens is 1. The van der Waals surface area contributed by atoms with Crippen LogP contribution in [0.5, 0.6) is 0 Å². The van der Waals surface area contributed by atoms with E-state index in [0.29, 0.717) is 6.54 Å². The minimum atomic E-state index is -0.755. The molecule has 1 heterocycles. The van der Waals surface area contributed by atoms with Crippen LogP contribution in [0.2, 0.25) is 0 Å². The van der Waals surface area contributed by atoms with E-state index in [-0.39, 0.29) is 12.6 Å². The molecule has 0 saturated carbocycles. The molecule has 1 rings (SSSR count). The Balaban J connectivity index is 2.41. The van der Waals surface area contributed by atoms with Crippen LogP contribution in [0, 0.1) is 0 Å². The molecule has 0 radical (unpaired) electrons. The zero-order valence-electron chi connectivity index (χ0n) is 5.07. The number of hydrogen-bond donors (Lipinski definition) is 4. The maximum atomic E-state index is 9.02. The summed E-state index contributed by atoms with van der Waals surface area (Å²) in [6.45, 7) is 0.421. The van der Waals surface area contributed by atoms with Crippen LogP contribution >= 0.6 is 0 Å². The van der Waals surface area contributed by atoms with Crippen LogP contribution in [0.3, 0.4) is 0 Å². The highest BCUT2D eigenvalue weighted by Gasteiger charge is 2.36. The number of rotatable bonds is 1. The van der Waals surface area contributed by atoms with Gasteiger partial charge in [-0.05, 0) is 0 Å². The first-order valence-electron chi connectivity index (χ1n) is 3.06. The fourth-order valence-corrected chi connectivity index (χ4v) is 1.06. The zero-order chi connectivity index (χ0) is 6.85. The number of nitrogens with two attached hydrogens (primary N) is 1. The third kappa shape index (κ3) is 1.21. The predicted octanol–water partition coefficient (Wildman–Crippen LogP) is -3.35. The van der Waals surface area contributed by atoms with E-state index in [0.717, 1.165) is 0 Å². The lowest BCUT2D eigenvalue weighted by molar-refractivity contribution is -0.676. The number of aliphatic hydroxyl groups excluding tert-OH is 3. The molecule has 0 amide bonds. The minimum Gasteiger partial charge on any atom is -0.390 e. The highest BCUT2D eigenvalue weighted by atomic mass is 16.3. The monoisotopic (exact) mass is 134 g/mol. The summed E-state index contributed by atoms with van der Waals surface area (Å²) in [5.41, 5.74) is 0. The van der Waals surface area contributed by atoms with E-state index in [1.54, 1.807) is 5.32 Å². The van der Waals surface area contributed by atoms with E-state index in [1.165, 1.54) is 0 Å². The number of aliphatic hydroxyl groups is 3. The third-order valence-corrected chi connectivity index (χ3v) is 1.72. The molecule has 0 aromatic rings. The molecule has 5 N–H and O–H groups in total. The summed E-state index contributed by atoms with van der Waals surface area (Å²) < 4.78 is 0. The Kier molecular flexibility index (Phi) is 2.02. The van der Waals surface area contributed by atoms with Crippen molar-refractivity contribution < 1.29 is 20.6 Å². The molecule has 4 heteroatoms. The van der Waals surface area contributed by atoms with Crippen molar-refractivity contribution in [3.8, 4) is 0 Å². The van der Waals surface area contributed by atoms with Gasteiger partial charge in [0.25, 0.3) is 0 Å². The van der Waals surface area contributed by atoms with Gasteiger partial charge in [-0.15, -0.1) is 0 Å². The Morgan fingerprint density at radius 1 is 1.44 bits per heavy atom. The first-order chi connectivity index (χ1) is 4.25. The summed E-state index contributed by atoms with van der Waals surface area (Å²) in [5.74, 6) is 0. The van der Waals surface area contributed by atoms with Gasteiger partial charge in [-0.25, -0.2) is 0 Å². The van der Waals surface area contributed by atoms with E-state index >= 15 is 0 Å². The van der Waals surface area contributed by atoms with Crippen LogP contribution in [0.25, 0.3) is 0 Å². The maximum Gasteiger partial charge on any atom is 0.139 e. The lowest BCUT2D eigenvalue weighted by atomic mass is 10.1. The Morgan fingerprint density at radius 3 is 2.33 bits per heavy atom. The molecule has 0 spiro atoms.